The highest BCUT2D eigenvalue weighted by Gasteiger charge is 2.36. The van der Waals surface area contributed by atoms with E-state index in [9.17, 15) is 13.2 Å². The minimum atomic E-state index is -3.69. The van der Waals surface area contributed by atoms with Crippen LogP contribution < -0.4 is 4.72 Å². The highest BCUT2D eigenvalue weighted by molar-refractivity contribution is 7.87. The molecular weight excluding hydrogens is 244 g/mol. The lowest BCUT2D eigenvalue weighted by Gasteiger charge is -2.32. The molecule has 0 aromatic heterocycles. The number of carboxylic acid groups (broad SMARTS) is 1. The second-order valence-corrected chi connectivity index (χ2v) is 6.05. The van der Waals surface area contributed by atoms with Gasteiger partial charge in [-0.25, -0.2) is 0 Å². The Hall–Kier alpha value is -0.660. The highest BCUT2D eigenvalue weighted by atomic mass is 32.2. The van der Waals surface area contributed by atoms with Crippen LogP contribution in [-0.2, 0) is 15.0 Å². The molecule has 2 N–H and O–H groups in total. The average Bonchev–Trinajstić information content (AvgIpc) is 2.28. The fourth-order valence-corrected chi connectivity index (χ4v) is 3.56. The molecule has 0 aromatic rings. The third kappa shape index (κ3) is 3.65. The van der Waals surface area contributed by atoms with Gasteiger partial charge in [0.15, 0.2) is 0 Å². The lowest BCUT2D eigenvalue weighted by atomic mass is 10.1. The number of hydrogen-bond donors (Lipinski definition) is 2. The van der Waals surface area contributed by atoms with Crippen molar-refractivity contribution in [1.82, 2.24) is 9.03 Å². The first-order chi connectivity index (χ1) is 7.88. The van der Waals surface area contributed by atoms with E-state index >= 15 is 0 Å². The molecule has 0 aromatic carbocycles. The van der Waals surface area contributed by atoms with Crippen molar-refractivity contribution in [1.29, 1.82) is 0 Å². The average molecular weight is 264 g/mol. The fourth-order valence-electron chi connectivity index (χ4n) is 1.84. The summed E-state index contributed by atoms with van der Waals surface area (Å²) in [5.41, 5.74) is 0. The second-order valence-electron chi connectivity index (χ2n) is 4.39. The molecule has 0 spiro atoms. The van der Waals surface area contributed by atoms with Gasteiger partial charge in [0, 0.05) is 12.6 Å². The predicted molar refractivity (Wildman–Crippen MR) is 63.8 cm³/mol. The molecule has 1 rings (SSSR count). The molecule has 1 aliphatic rings. The number of aliphatic carboxylic acids is 1. The topological polar surface area (TPSA) is 86.7 Å². The third-order valence-electron chi connectivity index (χ3n) is 3.01. The van der Waals surface area contributed by atoms with Crippen molar-refractivity contribution in [2.75, 3.05) is 6.54 Å². The van der Waals surface area contributed by atoms with E-state index in [4.69, 9.17) is 5.11 Å². The molecule has 0 bridgehead atoms. The van der Waals surface area contributed by atoms with Crippen LogP contribution in [0.15, 0.2) is 0 Å². The van der Waals surface area contributed by atoms with E-state index in [1.54, 1.807) is 6.92 Å². The zero-order chi connectivity index (χ0) is 13.1. The quantitative estimate of drug-likeness (QED) is 0.759. The molecule has 0 saturated carbocycles. The van der Waals surface area contributed by atoms with Crippen molar-refractivity contribution < 1.29 is 18.3 Å². The maximum absolute atomic E-state index is 12.0. The molecule has 100 valence electrons. The first-order valence-corrected chi connectivity index (χ1v) is 7.34. The summed E-state index contributed by atoms with van der Waals surface area (Å²) in [6.45, 7) is 3.91. The maximum atomic E-state index is 12.0. The van der Waals surface area contributed by atoms with Crippen LogP contribution in [0.3, 0.4) is 0 Å². The zero-order valence-corrected chi connectivity index (χ0v) is 11.0. The molecule has 7 heteroatoms. The monoisotopic (exact) mass is 264 g/mol. The van der Waals surface area contributed by atoms with E-state index in [1.165, 1.54) is 0 Å². The van der Waals surface area contributed by atoms with Gasteiger partial charge in [-0.2, -0.15) is 17.4 Å². The minimum absolute atomic E-state index is 0.184. The van der Waals surface area contributed by atoms with E-state index in [0.717, 1.165) is 10.7 Å². The Morgan fingerprint density at radius 1 is 1.53 bits per heavy atom. The van der Waals surface area contributed by atoms with E-state index in [2.05, 4.69) is 4.72 Å². The molecule has 2 unspecified atom stereocenters. The molecule has 17 heavy (non-hydrogen) atoms. The number of carboxylic acids is 1. The van der Waals surface area contributed by atoms with Crippen molar-refractivity contribution in [3.05, 3.63) is 0 Å². The Bertz CT molecular complexity index is 369. The summed E-state index contributed by atoms with van der Waals surface area (Å²) < 4.78 is 27.6. The number of nitrogens with zero attached hydrogens (tertiary/aromatic N) is 1. The minimum Gasteiger partial charge on any atom is -0.480 e. The Kier molecular flexibility index (Phi) is 4.91. The Morgan fingerprint density at radius 2 is 2.18 bits per heavy atom. The fraction of sp³-hybridized carbons (Fsp3) is 0.900. The molecule has 1 saturated heterocycles. The zero-order valence-electron chi connectivity index (χ0n) is 10.2. The molecule has 6 nitrogen and oxygen atoms in total. The van der Waals surface area contributed by atoms with Crippen molar-refractivity contribution in [3.63, 3.8) is 0 Å². The van der Waals surface area contributed by atoms with Gasteiger partial charge in [-0.1, -0.05) is 6.92 Å². The molecule has 1 fully saturated rings. The second kappa shape index (κ2) is 5.79. The van der Waals surface area contributed by atoms with Gasteiger partial charge in [-0.3, -0.25) is 4.79 Å². The molecular formula is C10H20N2O4S. The van der Waals surface area contributed by atoms with Gasteiger partial charge in [0.05, 0.1) is 0 Å². The van der Waals surface area contributed by atoms with Gasteiger partial charge >= 0.3 is 5.97 Å². The lowest BCUT2D eigenvalue weighted by Crippen LogP contribution is -2.53. The number of carbonyl (C=O) groups is 1. The van der Waals surface area contributed by atoms with Gasteiger partial charge < -0.3 is 5.11 Å². The molecule has 0 amide bonds. The Morgan fingerprint density at radius 3 is 2.71 bits per heavy atom. The molecule has 0 radical (unpaired) electrons. The molecule has 2 atom stereocenters. The Balaban J connectivity index is 2.83. The van der Waals surface area contributed by atoms with Gasteiger partial charge in [-0.05, 0) is 32.6 Å². The third-order valence-corrected chi connectivity index (χ3v) is 4.76. The van der Waals surface area contributed by atoms with Gasteiger partial charge in [0.1, 0.15) is 6.04 Å². The summed E-state index contributed by atoms with van der Waals surface area (Å²) in [5, 5.41) is 9.03. The number of hydrogen-bond acceptors (Lipinski definition) is 3. The number of nitrogens with one attached hydrogen (secondary N) is 1. The molecule has 0 aliphatic carbocycles. The molecule has 1 heterocycles. The van der Waals surface area contributed by atoms with E-state index in [-0.39, 0.29) is 12.6 Å². The van der Waals surface area contributed by atoms with Crippen LogP contribution in [0.1, 0.15) is 39.5 Å². The van der Waals surface area contributed by atoms with Gasteiger partial charge in [0.2, 0.25) is 0 Å². The SMILES string of the molecule is CCC(C)NS(=O)(=O)N1CCCCC1C(=O)O. The van der Waals surface area contributed by atoms with Gasteiger partial charge in [-0.15, -0.1) is 0 Å². The van der Waals surface area contributed by atoms with Crippen molar-refractivity contribution in [2.45, 2.75) is 51.6 Å². The van der Waals surface area contributed by atoms with Crippen molar-refractivity contribution >= 4 is 16.2 Å². The summed E-state index contributed by atoms with van der Waals surface area (Å²) in [5.74, 6) is -1.07. The first-order valence-electron chi connectivity index (χ1n) is 5.90. The molecule has 1 aliphatic heterocycles. The van der Waals surface area contributed by atoms with E-state index in [0.29, 0.717) is 19.3 Å². The van der Waals surface area contributed by atoms with E-state index < -0.39 is 22.2 Å². The predicted octanol–water partition coefficient (Wildman–Crippen LogP) is 0.558. The normalized spacial score (nSPS) is 24.5. The lowest BCUT2D eigenvalue weighted by molar-refractivity contribution is -0.142. The summed E-state index contributed by atoms with van der Waals surface area (Å²) in [6, 6.07) is -1.11. The van der Waals surface area contributed by atoms with Gasteiger partial charge in [0.25, 0.3) is 10.2 Å². The number of rotatable bonds is 5. The largest absolute Gasteiger partial charge is 0.480 e. The summed E-state index contributed by atoms with van der Waals surface area (Å²) >= 11 is 0. The van der Waals surface area contributed by atoms with Crippen molar-refractivity contribution in [3.8, 4) is 0 Å². The van der Waals surface area contributed by atoms with Crippen LogP contribution >= 0.6 is 0 Å². The van der Waals surface area contributed by atoms with E-state index in [1.807, 2.05) is 6.92 Å². The highest BCUT2D eigenvalue weighted by Crippen LogP contribution is 2.20. The first kappa shape index (κ1) is 14.4. The number of piperidine rings is 1. The van der Waals surface area contributed by atoms with Crippen molar-refractivity contribution in [2.24, 2.45) is 0 Å². The Labute approximate surface area is 102 Å². The summed E-state index contributed by atoms with van der Waals surface area (Å²) in [7, 11) is -3.69. The van der Waals surface area contributed by atoms with Crippen LogP contribution in [0, 0.1) is 0 Å². The smallest absolute Gasteiger partial charge is 0.322 e. The van der Waals surface area contributed by atoms with Crippen LogP contribution in [0.4, 0.5) is 0 Å². The standard InChI is InChI=1S/C10H20N2O4S/c1-3-8(2)11-17(15,16)12-7-5-4-6-9(12)10(13)14/h8-9,11H,3-7H2,1-2H3,(H,13,14). The van der Waals surface area contributed by atoms with Crippen LogP contribution in [0.25, 0.3) is 0 Å². The van der Waals surface area contributed by atoms with Crippen LogP contribution in [0.2, 0.25) is 0 Å². The summed E-state index contributed by atoms with van der Waals surface area (Å²) in [4.78, 5) is 11.0. The van der Waals surface area contributed by atoms with Crippen LogP contribution in [-0.4, -0.2) is 42.4 Å². The summed E-state index contributed by atoms with van der Waals surface area (Å²) in [6.07, 6.45) is 2.53. The van der Waals surface area contributed by atoms with Crippen LogP contribution in [0.5, 0.6) is 0 Å². The maximum Gasteiger partial charge on any atom is 0.322 e.